The molecule has 7 heteroatoms. The molecule has 0 radical (unpaired) electrons. The van der Waals surface area contributed by atoms with E-state index in [1.54, 1.807) is 17.5 Å². The molecule has 0 aliphatic carbocycles. The van der Waals surface area contributed by atoms with Crippen LogP contribution in [0.1, 0.15) is 34.4 Å². The summed E-state index contributed by atoms with van der Waals surface area (Å²) in [6, 6.07) is 4.24. The predicted molar refractivity (Wildman–Crippen MR) is 101 cm³/mol. The Morgan fingerprint density at radius 1 is 1.48 bits per heavy atom. The molecule has 1 saturated heterocycles. The van der Waals surface area contributed by atoms with Crippen LogP contribution < -0.4 is 10.2 Å². The quantitative estimate of drug-likeness (QED) is 0.856. The molecular formula is C18H25N5OS. The number of likely N-dealkylation sites (tertiary alicyclic amines) is 1. The molecule has 134 valence electrons. The first-order chi connectivity index (χ1) is 12.1. The van der Waals surface area contributed by atoms with Gasteiger partial charge in [-0.15, -0.1) is 11.3 Å². The first-order valence-corrected chi connectivity index (χ1v) is 9.53. The Labute approximate surface area is 152 Å². The average Bonchev–Trinajstić information content (AvgIpc) is 3.28. The third-order valence-corrected chi connectivity index (χ3v) is 5.54. The summed E-state index contributed by atoms with van der Waals surface area (Å²) in [6.45, 7) is 4.70. The molecule has 0 saturated carbocycles. The van der Waals surface area contributed by atoms with E-state index in [0.29, 0.717) is 18.2 Å². The number of hydrogen-bond acceptors (Lipinski definition) is 6. The molecule has 1 atom stereocenters. The maximum atomic E-state index is 12.3. The highest BCUT2D eigenvalue weighted by atomic mass is 32.1. The van der Waals surface area contributed by atoms with Crippen molar-refractivity contribution in [1.29, 1.82) is 0 Å². The molecule has 1 aliphatic rings. The number of nitrogens with one attached hydrogen (secondary N) is 1. The zero-order valence-corrected chi connectivity index (χ0v) is 15.8. The van der Waals surface area contributed by atoms with E-state index in [0.717, 1.165) is 42.5 Å². The summed E-state index contributed by atoms with van der Waals surface area (Å²) in [4.78, 5) is 25.7. The second-order valence-electron chi connectivity index (χ2n) is 6.49. The minimum atomic E-state index is -0.115. The van der Waals surface area contributed by atoms with Gasteiger partial charge in [0.2, 0.25) is 0 Å². The van der Waals surface area contributed by atoms with Crippen molar-refractivity contribution in [3.8, 4) is 0 Å². The lowest BCUT2D eigenvalue weighted by Crippen LogP contribution is -2.34. The van der Waals surface area contributed by atoms with Gasteiger partial charge in [-0.2, -0.15) is 0 Å². The molecule has 25 heavy (non-hydrogen) atoms. The van der Waals surface area contributed by atoms with Crippen LogP contribution in [-0.2, 0) is 13.0 Å². The van der Waals surface area contributed by atoms with Gasteiger partial charge >= 0.3 is 0 Å². The predicted octanol–water partition coefficient (Wildman–Crippen LogP) is 2.17. The molecule has 1 N–H and O–H groups in total. The highest BCUT2D eigenvalue weighted by molar-refractivity contribution is 7.09. The molecule has 0 spiro atoms. The second-order valence-corrected chi connectivity index (χ2v) is 7.43. The Bertz CT molecular complexity index is 715. The van der Waals surface area contributed by atoms with E-state index >= 15 is 0 Å². The van der Waals surface area contributed by atoms with Gasteiger partial charge in [0.05, 0.1) is 17.8 Å². The summed E-state index contributed by atoms with van der Waals surface area (Å²) >= 11 is 1.58. The van der Waals surface area contributed by atoms with Gasteiger partial charge in [0.1, 0.15) is 10.8 Å². The van der Waals surface area contributed by atoms with E-state index in [9.17, 15) is 4.79 Å². The lowest BCUT2D eigenvalue weighted by Gasteiger charge is -2.25. The standard InChI is InChI=1S/C18H25N5OS/c1-4-14-12-25-17(21-14)10-20-18(24)13-5-6-16(19-9-13)23(3)15-7-8-22(2)11-15/h5-6,9,12,15H,4,7-8,10-11H2,1-3H3,(H,20,24). The van der Waals surface area contributed by atoms with Crippen molar-refractivity contribution in [2.45, 2.75) is 32.4 Å². The van der Waals surface area contributed by atoms with Crippen molar-refractivity contribution < 1.29 is 4.79 Å². The van der Waals surface area contributed by atoms with E-state index in [1.165, 1.54) is 0 Å². The summed E-state index contributed by atoms with van der Waals surface area (Å²) in [5.74, 6) is 0.792. The summed E-state index contributed by atoms with van der Waals surface area (Å²) in [5, 5.41) is 5.88. The third kappa shape index (κ3) is 4.35. The Morgan fingerprint density at radius 2 is 2.32 bits per heavy atom. The number of anilines is 1. The van der Waals surface area contributed by atoms with E-state index < -0.39 is 0 Å². The topological polar surface area (TPSA) is 61.4 Å². The van der Waals surface area contributed by atoms with E-state index in [2.05, 4.69) is 46.1 Å². The van der Waals surface area contributed by atoms with Gasteiger partial charge < -0.3 is 15.1 Å². The maximum Gasteiger partial charge on any atom is 0.253 e. The first-order valence-electron chi connectivity index (χ1n) is 8.65. The van der Waals surface area contributed by atoms with Gasteiger partial charge in [-0.25, -0.2) is 9.97 Å². The molecule has 3 rings (SSSR count). The number of hydrogen-bond donors (Lipinski definition) is 1. The normalized spacial score (nSPS) is 17.6. The second kappa shape index (κ2) is 7.93. The van der Waals surface area contributed by atoms with Gasteiger partial charge in [-0.05, 0) is 38.6 Å². The number of aryl methyl sites for hydroxylation is 1. The van der Waals surface area contributed by atoms with Crippen molar-refractivity contribution in [1.82, 2.24) is 20.2 Å². The highest BCUT2D eigenvalue weighted by Crippen LogP contribution is 2.19. The molecule has 1 unspecified atom stereocenters. The number of rotatable bonds is 6. The largest absolute Gasteiger partial charge is 0.355 e. The highest BCUT2D eigenvalue weighted by Gasteiger charge is 2.24. The molecule has 3 heterocycles. The van der Waals surface area contributed by atoms with Crippen molar-refractivity contribution >= 4 is 23.1 Å². The Kier molecular flexibility index (Phi) is 5.65. The maximum absolute atomic E-state index is 12.3. The summed E-state index contributed by atoms with van der Waals surface area (Å²) < 4.78 is 0. The smallest absolute Gasteiger partial charge is 0.253 e. The van der Waals surface area contributed by atoms with Gasteiger partial charge in [0.25, 0.3) is 5.91 Å². The summed E-state index contributed by atoms with van der Waals surface area (Å²) in [5.41, 5.74) is 1.65. The van der Waals surface area contributed by atoms with Crippen LogP contribution in [-0.4, -0.2) is 54.0 Å². The van der Waals surface area contributed by atoms with Crippen LogP contribution in [0.25, 0.3) is 0 Å². The fourth-order valence-corrected chi connectivity index (χ4v) is 3.81. The zero-order valence-electron chi connectivity index (χ0n) is 15.0. The van der Waals surface area contributed by atoms with Crippen LogP contribution in [0.3, 0.4) is 0 Å². The Morgan fingerprint density at radius 3 is 2.92 bits per heavy atom. The number of carbonyl (C=O) groups is 1. The van der Waals surface area contributed by atoms with Crippen LogP contribution in [0, 0.1) is 0 Å². The van der Waals surface area contributed by atoms with Gasteiger partial charge in [0, 0.05) is 31.2 Å². The summed E-state index contributed by atoms with van der Waals surface area (Å²) in [7, 11) is 4.21. The number of amides is 1. The number of thiazole rings is 1. The van der Waals surface area contributed by atoms with E-state index in [1.807, 2.05) is 17.5 Å². The zero-order chi connectivity index (χ0) is 17.8. The van der Waals surface area contributed by atoms with Crippen molar-refractivity contribution in [3.05, 3.63) is 40.0 Å². The molecule has 6 nitrogen and oxygen atoms in total. The monoisotopic (exact) mass is 359 g/mol. The van der Waals surface area contributed by atoms with Gasteiger partial charge in [-0.1, -0.05) is 6.92 Å². The molecule has 1 fully saturated rings. The average molecular weight is 359 g/mol. The molecule has 0 aromatic carbocycles. The summed E-state index contributed by atoms with van der Waals surface area (Å²) in [6.07, 6.45) is 3.71. The van der Waals surface area contributed by atoms with E-state index in [4.69, 9.17) is 0 Å². The lowest BCUT2D eigenvalue weighted by atomic mass is 10.2. The van der Waals surface area contributed by atoms with Crippen LogP contribution in [0.15, 0.2) is 23.7 Å². The number of aromatic nitrogens is 2. The minimum Gasteiger partial charge on any atom is -0.355 e. The van der Waals surface area contributed by atoms with E-state index in [-0.39, 0.29) is 5.91 Å². The molecule has 1 amide bonds. The van der Waals surface area contributed by atoms with Gasteiger partial charge in [-0.3, -0.25) is 4.79 Å². The Balaban J connectivity index is 1.56. The van der Waals surface area contributed by atoms with Gasteiger partial charge in [0.15, 0.2) is 0 Å². The number of nitrogens with zero attached hydrogens (tertiary/aromatic N) is 4. The fraction of sp³-hybridized carbons (Fsp3) is 0.500. The fourth-order valence-electron chi connectivity index (χ4n) is 2.99. The molecule has 0 bridgehead atoms. The first kappa shape index (κ1) is 17.8. The number of carbonyl (C=O) groups excluding carboxylic acids is 1. The molecule has 2 aromatic rings. The van der Waals surface area contributed by atoms with Crippen molar-refractivity contribution in [2.75, 3.05) is 32.1 Å². The molecule has 1 aliphatic heterocycles. The van der Waals surface area contributed by atoms with Crippen molar-refractivity contribution in [3.63, 3.8) is 0 Å². The number of pyridine rings is 1. The van der Waals surface area contributed by atoms with Crippen LogP contribution in [0.2, 0.25) is 0 Å². The number of likely N-dealkylation sites (N-methyl/N-ethyl adjacent to an activating group) is 2. The van der Waals surface area contributed by atoms with Crippen molar-refractivity contribution in [2.24, 2.45) is 0 Å². The SMILES string of the molecule is CCc1csc(CNC(=O)c2ccc(N(C)C3CCN(C)C3)nc2)n1. The minimum absolute atomic E-state index is 0.115. The molecule has 2 aromatic heterocycles. The lowest BCUT2D eigenvalue weighted by molar-refractivity contribution is 0.0950. The third-order valence-electron chi connectivity index (χ3n) is 4.65. The van der Waals surface area contributed by atoms with Crippen LogP contribution in [0.4, 0.5) is 5.82 Å². The molecular weight excluding hydrogens is 334 g/mol. The van der Waals surface area contributed by atoms with Crippen LogP contribution >= 0.6 is 11.3 Å². The Hall–Kier alpha value is -1.99. The van der Waals surface area contributed by atoms with Crippen LogP contribution in [0.5, 0.6) is 0 Å².